The summed E-state index contributed by atoms with van der Waals surface area (Å²) in [6, 6.07) is 14.5. The highest BCUT2D eigenvalue weighted by atomic mass is 35.5. The number of hydrogen-bond acceptors (Lipinski definition) is 2. The van der Waals surface area contributed by atoms with Crippen LogP contribution in [0, 0.1) is 6.92 Å². The summed E-state index contributed by atoms with van der Waals surface area (Å²) >= 11 is 6.01. The minimum absolute atomic E-state index is 0.237. The summed E-state index contributed by atoms with van der Waals surface area (Å²) in [5.41, 5.74) is 8.62. The average molecular weight is 304 g/mol. The molecule has 0 spiro atoms. The predicted octanol–water partition coefficient (Wildman–Crippen LogP) is 3.47. The summed E-state index contributed by atoms with van der Waals surface area (Å²) in [6.45, 7) is 2.26. The van der Waals surface area contributed by atoms with Crippen molar-refractivity contribution in [1.82, 2.24) is 5.32 Å². The molecule has 2 aromatic carbocycles. The van der Waals surface area contributed by atoms with Gasteiger partial charge in [-0.15, -0.1) is 0 Å². The Bertz CT molecular complexity index is 616. The number of hydrogen-bond donors (Lipinski definition) is 3. The number of carbonyl (C=O) groups is 1. The van der Waals surface area contributed by atoms with Crippen molar-refractivity contribution in [3.05, 3.63) is 64.7 Å². The van der Waals surface area contributed by atoms with E-state index < -0.39 is 0 Å². The van der Waals surface area contributed by atoms with Gasteiger partial charge in [-0.25, -0.2) is 4.79 Å². The number of rotatable bonds is 4. The van der Waals surface area contributed by atoms with Gasteiger partial charge in [0, 0.05) is 23.3 Å². The van der Waals surface area contributed by atoms with E-state index in [1.54, 1.807) is 12.1 Å². The van der Waals surface area contributed by atoms with Crippen LogP contribution in [0.3, 0.4) is 0 Å². The molecule has 4 nitrogen and oxygen atoms in total. The highest BCUT2D eigenvalue weighted by Gasteiger charge is 2.08. The van der Waals surface area contributed by atoms with Crippen LogP contribution < -0.4 is 16.4 Å². The molecule has 5 heteroatoms. The lowest BCUT2D eigenvalue weighted by molar-refractivity contribution is 0.251. The van der Waals surface area contributed by atoms with Crippen molar-refractivity contribution in [1.29, 1.82) is 0 Å². The number of halogens is 1. The zero-order chi connectivity index (χ0) is 15.2. The third-order valence-corrected chi connectivity index (χ3v) is 3.55. The van der Waals surface area contributed by atoms with Gasteiger partial charge in [-0.1, -0.05) is 48.0 Å². The van der Waals surface area contributed by atoms with E-state index in [0.717, 1.165) is 11.1 Å². The van der Waals surface area contributed by atoms with Crippen LogP contribution in [0.1, 0.15) is 17.2 Å². The second-order valence-corrected chi connectivity index (χ2v) is 5.22. The van der Waals surface area contributed by atoms with Gasteiger partial charge in [0.15, 0.2) is 0 Å². The van der Waals surface area contributed by atoms with E-state index in [1.165, 1.54) is 0 Å². The number of aryl methyl sites for hydroxylation is 1. The van der Waals surface area contributed by atoms with Crippen LogP contribution >= 0.6 is 11.6 Å². The van der Waals surface area contributed by atoms with Gasteiger partial charge in [-0.2, -0.15) is 0 Å². The Labute approximate surface area is 129 Å². The summed E-state index contributed by atoms with van der Waals surface area (Å²) in [7, 11) is 0. The molecule has 0 fully saturated rings. The fraction of sp³-hybridized carbons (Fsp3) is 0.188. The molecule has 2 aromatic rings. The van der Waals surface area contributed by atoms with E-state index in [0.29, 0.717) is 17.3 Å². The molecule has 1 atom stereocenters. The fourth-order valence-corrected chi connectivity index (χ4v) is 2.05. The highest BCUT2D eigenvalue weighted by Crippen LogP contribution is 2.19. The normalized spacial score (nSPS) is 11.8. The van der Waals surface area contributed by atoms with Crippen LogP contribution in [0.2, 0.25) is 5.02 Å². The first kappa shape index (κ1) is 15.4. The van der Waals surface area contributed by atoms with Crippen LogP contribution in [-0.4, -0.2) is 12.6 Å². The van der Waals surface area contributed by atoms with Crippen molar-refractivity contribution in [2.24, 2.45) is 5.73 Å². The van der Waals surface area contributed by atoms with Crippen molar-refractivity contribution >= 4 is 23.3 Å². The van der Waals surface area contributed by atoms with Crippen LogP contribution in [0.15, 0.2) is 48.5 Å². The van der Waals surface area contributed by atoms with E-state index in [1.807, 2.05) is 43.3 Å². The van der Waals surface area contributed by atoms with Crippen molar-refractivity contribution in [3.63, 3.8) is 0 Å². The van der Waals surface area contributed by atoms with Crippen molar-refractivity contribution < 1.29 is 4.79 Å². The molecule has 2 rings (SSSR count). The lowest BCUT2D eigenvalue weighted by Gasteiger charge is -2.14. The number of anilines is 1. The van der Waals surface area contributed by atoms with Crippen LogP contribution in [0.4, 0.5) is 10.5 Å². The third-order valence-electron chi connectivity index (χ3n) is 3.14. The Kier molecular flexibility index (Phi) is 5.20. The second kappa shape index (κ2) is 7.11. The maximum absolute atomic E-state index is 11.8. The van der Waals surface area contributed by atoms with Gasteiger partial charge in [0.2, 0.25) is 0 Å². The lowest BCUT2D eigenvalue weighted by atomic mass is 10.1. The number of benzene rings is 2. The molecule has 0 saturated heterocycles. The molecular formula is C16H18ClN3O. The lowest BCUT2D eigenvalue weighted by Crippen LogP contribution is -2.34. The van der Waals surface area contributed by atoms with Gasteiger partial charge in [-0.3, -0.25) is 0 Å². The minimum Gasteiger partial charge on any atom is -0.336 e. The molecule has 0 saturated carbocycles. The average Bonchev–Trinajstić information content (AvgIpc) is 2.49. The zero-order valence-corrected chi connectivity index (χ0v) is 12.5. The Hall–Kier alpha value is -2.04. The Balaban J connectivity index is 1.86. The van der Waals surface area contributed by atoms with Gasteiger partial charge in [0.1, 0.15) is 0 Å². The van der Waals surface area contributed by atoms with E-state index in [-0.39, 0.29) is 12.1 Å². The van der Waals surface area contributed by atoms with Gasteiger partial charge in [0.25, 0.3) is 0 Å². The molecule has 1 unspecified atom stereocenters. The monoisotopic (exact) mass is 303 g/mol. The van der Waals surface area contributed by atoms with Crippen molar-refractivity contribution in [3.8, 4) is 0 Å². The molecular weight excluding hydrogens is 286 g/mol. The SMILES string of the molecule is Cc1ccc(NC(=O)NCC(N)c2ccccc2)cc1Cl. The molecule has 0 aliphatic heterocycles. The van der Waals surface area contributed by atoms with Gasteiger partial charge < -0.3 is 16.4 Å². The number of nitrogens with one attached hydrogen (secondary N) is 2. The topological polar surface area (TPSA) is 67.2 Å². The summed E-state index contributed by atoms with van der Waals surface area (Å²) in [6.07, 6.45) is 0. The number of amides is 2. The van der Waals surface area contributed by atoms with E-state index in [9.17, 15) is 4.79 Å². The molecule has 0 bridgehead atoms. The first-order valence-electron chi connectivity index (χ1n) is 6.68. The molecule has 0 heterocycles. The minimum atomic E-state index is -0.304. The van der Waals surface area contributed by atoms with E-state index >= 15 is 0 Å². The summed E-state index contributed by atoms with van der Waals surface area (Å²) in [5, 5.41) is 6.09. The maximum Gasteiger partial charge on any atom is 0.319 e. The Morgan fingerprint density at radius 3 is 2.62 bits per heavy atom. The van der Waals surface area contributed by atoms with Crippen molar-refractivity contribution in [2.45, 2.75) is 13.0 Å². The molecule has 110 valence electrons. The van der Waals surface area contributed by atoms with E-state index in [2.05, 4.69) is 10.6 Å². The molecule has 4 N–H and O–H groups in total. The molecule has 0 aromatic heterocycles. The van der Waals surface area contributed by atoms with Gasteiger partial charge in [-0.05, 0) is 30.2 Å². The number of nitrogens with two attached hydrogens (primary N) is 1. The molecule has 21 heavy (non-hydrogen) atoms. The largest absolute Gasteiger partial charge is 0.336 e. The first-order valence-corrected chi connectivity index (χ1v) is 7.05. The fourth-order valence-electron chi connectivity index (χ4n) is 1.87. The van der Waals surface area contributed by atoms with Crippen LogP contribution in [-0.2, 0) is 0 Å². The Morgan fingerprint density at radius 1 is 1.24 bits per heavy atom. The molecule has 2 amide bonds. The summed E-state index contributed by atoms with van der Waals surface area (Å²) in [5.74, 6) is 0. The highest BCUT2D eigenvalue weighted by molar-refractivity contribution is 6.31. The quantitative estimate of drug-likeness (QED) is 0.809. The second-order valence-electron chi connectivity index (χ2n) is 4.82. The first-order chi connectivity index (χ1) is 10.1. The summed E-state index contributed by atoms with van der Waals surface area (Å²) < 4.78 is 0. The molecule has 0 radical (unpaired) electrons. The predicted molar refractivity (Wildman–Crippen MR) is 86.6 cm³/mol. The molecule has 0 aliphatic rings. The van der Waals surface area contributed by atoms with E-state index in [4.69, 9.17) is 17.3 Å². The zero-order valence-electron chi connectivity index (χ0n) is 11.8. The smallest absolute Gasteiger partial charge is 0.319 e. The third kappa shape index (κ3) is 4.48. The Morgan fingerprint density at radius 2 is 1.95 bits per heavy atom. The number of urea groups is 1. The van der Waals surface area contributed by atoms with Crippen LogP contribution in [0.25, 0.3) is 0 Å². The molecule has 0 aliphatic carbocycles. The van der Waals surface area contributed by atoms with Gasteiger partial charge >= 0.3 is 6.03 Å². The maximum atomic E-state index is 11.8. The van der Waals surface area contributed by atoms with Crippen LogP contribution in [0.5, 0.6) is 0 Å². The summed E-state index contributed by atoms with van der Waals surface area (Å²) in [4.78, 5) is 11.8. The number of carbonyl (C=O) groups excluding carboxylic acids is 1. The van der Waals surface area contributed by atoms with Crippen molar-refractivity contribution in [2.75, 3.05) is 11.9 Å². The standard InChI is InChI=1S/C16H18ClN3O/c1-11-7-8-13(9-14(11)17)20-16(21)19-10-15(18)12-5-3-2-4-6-12/h2-9,15H,10,18H2,1H3,(H2,19,20,21). The van der Waals surface area contributed by atoms with Gasteiger partial charge in [0.05, 0.1) is 0 Å².